The molecule has 1 fully saturated rings. The van der Waals surface area contributed by atoms with E-state index < -0.39 is 10.0 Å². The average Bonchev–Trinajstić information content (AvgIpc) is 3.18. The van der Waals surface area contributed by atoms with Gasteiger partial charge in [-0.3, -0.25) is 9.69 Å². The number of aromatic nitrogens is 2. The maximum atomic E-state index is 12.7. The summed E-state index contributed by atoms with van der Waals surface area (Å²) in [6.45, 7) is 3.16. The first kappa shape index (κ1) is 20.0. The number of H-pyrrole nitrogens is 2. The molecular formula is C23H24N4O3S. The first-order valence-corrected chi connectivity index (χ1v) is 12.1. The minimum atomic E-state index is -3.13. The van der Waals surface area contributed by atoms with Crippen LogP contribution in [0.15, 0.2) is 59.4 Å². The molecule has 2 aromatic heterocycles. The second-order valence-electron chi connectivity index (χ2n) is 8.10. The van der Waals surface area contributed by atoms with Gasteiger partial charge in [0.2, 0.25) is 10.0 Å². The molecule has 31 heavy (non-hydrogen) atoms. The molecule has 1 saturated heterocycles. The van der Waals surface area contributed by atoms with Crippen molar-refractivity contribution in [3.8, 4) is 11.3 Å². The number of sulfonamides is 1. The Bertz CT molecular complexity index is 1430. The summed E-state index contributed by atoms with van der Waals surface area (Å²) < 4.78 is 25.0. The van der Waals surface area contributed by atoms with E-state index in [-0.39, 0.29) is 5.56 Å². The third kappa shape index (κ3) is 3.89. The van der Waals surface area contributed by atoms with Gasteiger partial charge in [0, 0.05) is 49.1 Å². The highest BCUT2D eigenvalue weighted by atomic mass is 32.2. The Labute approximate surface area is 180 Å². The number of pyridine rings is 1. The van der Waals surface area contributed by atoms with E-state index in [1.807, 2.05) is 48.5 Å². The predicted octanol–water partition coefficient (Wildman–Crippen LogP) is 2.75. The number of hydrogen-bond acceptors (Lipinski definition) is 4. The summed E-state index contributed by atoms with van der Waals surface area (Å²) in [6.07, 6.45) is 1.26. The summed E-state index contributed by atoms with van der Waals surface area (Å²) in [6, 6.07) is 17.8. The summed E-state index contributed by atoms with van der Waals surface area (Å²) in [5.74, 6) is 0. The quantitative estimate of drug-likeness (QED) is 0.515. The largest absolute Gasteiger partial charge is 0.354 e. The number of nitrogens with zero attached hydrogens (tertiary/aromatic N) is 2. The number of aromatic amines is 2. The minimum Gasteiger partial charge on any atom is -0.354 e. The summed E-state index contributed by atoms with van der Waals surface area (Å²) in [4.78, 5) is 21.3. The molecular weight excluding hydrogens is 412 g/mol. The van der Waals surface area contributed by atoms with E-state index >= 15 is 0 Å². The number of piperazine rings is 1. The van der Waals surface area contributed by atoms with Crippen LogP contribution in [0.2, 0.25) is 0 Å². The van der Waals surface area contributed by atoms with Gasteiger partial charge in [0.1, 0.15) is 0 Å². The zero-order valence-corrected chi connectivity index (χ0v) is 18.1. The van der Waals surface area contributed by atoms with Gasteiger partial charge in [-0.1, -0.05) is 30.3 Å². The highest BCUT2D eigenvalue weighted by Gasteiger charge is 2.23. The van der Waals surface area contributed by atoms with Crippen LogP contribution in [-0.4, -0.2) is 60.0 Å². The van der Waals surface area contributed by atoms with Gasteiger partial charge < -0.3 is 9.97 Å². The van der Waals surface area contributed by atoms with Crippen LogP contribution in [0.5, 0.6) is 0 Å². The zero-order valence-electron chi connectivity index (χ0n) is 17.3. The molecule has 2 aromatic carbocycles. The fraction of sp³-hybridized carbons (Fsp3) is 0.261. The molecule has 0 bridgehead atoms. The Kier molecular flexibility index (Phi) is 4.92. The van der Waals surface area contributed by atoms with Gasteiger partial charge in [0.05, 0.1) is 17.5 Å². The van der Waals surface area contributed by atoms with Gasteiger partial charge in [-0.2, -0.15) is 4.31 Å². The lowest BCUT2D eigenvalue weighted by Gasteiger charge is -2.33. The van der Waals surface area contributed by atoms with E-state index in [1.165, 1.54) is 10.6 Å². The summed E-state index contributed by atoms with van der Waals surface area (Å²) in [5, 5.41) is 2.07. The van der Waals surface area contributed by atoms with Crippen LogP contribution in [0.25, 0.3) is 33.1 Å². The molecule has 0 aliphatic carbocycles. The molecule has 0 spiro atoms. The lowest BCUT2D eigenvalue weighted by Crippen LogP contribution is -2.47. The second kappa shape index (κ2) is 7.64. The van der Waals surface area contributed by atoms with Crippen LogP contribution in [0.1, 0.15) is 5.56 Å². The fourth-order valence-electron chi connectivity index (χ4n) is 4.31. The first-order valence-electron chi connectivity index (χ1n) is 10.3. The summed E-state index contributed by atoms with van der Waals surface area (Å²) >= 11 is 0. The number of fused-ring (bicyclic) bond motifs is 2. The Balaban J connectivity index is 1.45. The molecule has 0 unspecified atom stereocenters. The molecule has 0 atom stereocenters. The van der Waals surface area contributed by atoms with Crippen molar-refractivity contribution in [2.45, 2.75) is 6.54 Å². The number of benzene rings is 2. The van der Waals surface area contributed by atoms with Crippen molar-refractivity contribution in [2.75, 3.05) is 32.4 Å². The third-order valence-electron chi connectivity index (χ3n) is 5.99. The molecule has 5 rings (SSSR count). The maximum Gasteiger partial charge on any atom is 0.257 e. The number of rotatable bonds is 4. The standard InChI is InChI=1S/C23H24N4O3S/c1-31(29,30)27-11-9-26(10-12-27)15-17-6-4-8-21-18(17)14-22(24-21)19-13-16-5-2-3-7-20(16)25-23(19)28/h2-8,13-14,24H,9-12,15H2,1H3,(H,25,28). The average molecular weight is 437 g/mol. The molecule has 160 valence electrons. The van der Waals surface area contributed by atoms with Crippen LogP contribution >= 0.6 is 0 Å². The lowest BCUT2D eigenvalue weighted by atomic mass is 10.1. The molecule has 1 aliphatic heterocycles. The zero-order chi connectivity index (χ0) is 21.6. The van der Waals surface area contributed by atoms with Crippen molar-refractivity contribution >= 4 is 31.8 Å². The van der Waals surface area contributed by atoms with Crippen LogP contribution in [0, 0.1) is 0 Å². The van der Waals surface area contributed by atoms with Crippen molar-refractivity contribution in [1.82, 2.24) is 19.2 Å². The molecule has 0 amide bonds. The topological polar surface area (TPSA) is 89.3 Å². The van der Waals surface area contributed by atoms with Crippen LogP contribution in [-0.2, 0) is 16.6 Å². The highest BCUT2D eigenvalue weighted by Crippen LogP contribution is 2.27. The predicted molar refractivity (Wildman–Crippen MR) is 124 cm³/mol. The van der Waals surface area contributed by atoms with Crippen molar-refractivity contribution in [3.63, 3.8) is 0 Å². The second-order valence-corrected chi connectivity index (χ2v) is 10.1. The number of nitrogens with one attached hydrogen (secondary N) is 2. The lowest BCUT2D eigenvalue weighted by molar-refractivity contribution is 0.182. The Morgan fingerprint density at radius 3 is 2.42 bits per heavy atom. The van der Waals surface area contributed by atoms with E-state index in [2.05, 4.69) is 20.9 Å². The van der Waals surface area contributed by atoms with E-state index in [0.29, 0.717) is 31.7 Å². The van der Waals surface area contributed by atoms with Crippen molar-refractivity contribution in [3.05, 3.63) is 70.5 Å². The van der Waals surface area contributed by atoms with Gasteiger partial charge in [-0.15, -0.1) is 0 Å². The fourth-order valence-corrected chi connectivity index (χ4v) is 5.14. The number of hydrogen-bond donors (Lipinski definition) is 2. The third-order valence-corrected chi connectivity index (χ3v) is 7.30. The van der Waals surface area contributed by atoms with Crippen LogP contribution in [0.4, 0.5) is 0 Å². The molecule has 0 saturated carbocycles. The maximum absolute atomic E-state index is 12.7. The Morgan fingerprint density at radius 1 is 0.903 bits per heavy atom. The molecule has 0 radical (unpaired) electrons. The molecule has 4 aromatic rings. The van der Waals surface area contributed by atoms with Crippen molar-refractivity contribution in [2.24, 2.45) is 0 Å². The van der Waals surface area contributed by atoms with Crippen LogP contribution < -0.4 is 5.56 Å². The van der Waals surface area contributed by atoms with Gasteiger partial charge in [0.25, 0.3) is 5.56 Å². The normalized spacial score (nSPS) is 16.3. The van der Waals surface area contributed by atoms with Gasteiger partial charge in [-0.25, -0.2) is 8.42 Å². The Hall–Kier alpha value is -2.94. The molecule has 8 heteroatoms. The molecule has 7 nitrogen and oxygen atoms in total. The van der Waals surface area contributed by atoms with E-state index in [1.54, 1.807) is 0 Å². The van der Waals surface area contributed by atoms with Crippen molar-refractivity contribution in [1.29, 1.82) is 0 Å². The Morgan fingerprint density at radius 2 is 1.65 bits per heavy atom. The number of para-hydroxylation sites is 1. The molecule has 2 N–H and O–H groups in total. The van der Waals surface area contributed by atoms with E-state index in [4.69, 9.17) is 0 Å². The summed E-state index contributed by atoms with van der Waals surface area (Å²) in [5.41, 5.74) is 4.24. The minimum absolute atomic E-state index is 0.122. The molecule has 3 heterocycles. The van der Waals surface area contributed by atoms with Gasteiger partial charge >= 0.3 is 0 Å². The summed E-state index contributed by atoms with van der Waals surface area (Å²) in [7, 11) is -3.13. The monoisotopic (exact) mass is 436 g/mol. The highest BCUT2D eigenvalue weighted by molar-refractivity contribution is 7.88. The first-order chi connectivity index (χ1) is 14.9. The van der Waals surface area contributed by atoms with Gasteiger partial charge in [0.15, 0.2) is 0 Å². The van der Waals surface area contributed by atoms with Crippen LogP contribution in [0.3, 0.4) is 0 Å². The smallest absolute Gasteiger partial charge is 0.257 e. The SMILES string of the molecule is CS(=O)(=O)N1CCN(Cc2cccc3[nH]c(-c4cc5ccccc5[nH]c4=O)cc23)CC1. The van der Waals surface area contributed by atoms with Crippen molar-refractivity contribution < 1.29 is 8.42 Å². The van der Waals surface area contributed by atoms with E-state index in [0.717, 1.165) is 39.6 Å². The van der Waals surface area contributed by atoms with Gasteiger partial charge in [-0.05, 0) is 35.2 Å². The molecule has 1 aliphatic rings. The van der Waals surface area contributed by atoms with E-state index in [9.17, 15) is 13.2 Å².